The fourth-order valence-electron chi connectivity index (χ4n) is 3.50. The van der Waals surface area contributed by atoms with Crippen molar-refractivity contribution in [2.24, 2.45) is 0 Å². The van der Waals surface area contributed by atoms with Gasteiger partial charge in [-0.15, -0.1) is 5.10 Å². The molecule has 1 atom stereocenters. The van der Waals surface area contributed by atoms with Gasteiger partial charge in [-0.3, -0.25) is 4.79 Å². The van der Waals surface area contributed by atoms with Gasteiger partial charge in [0.2, 0.25) is 5.78 Å². The number of fused-ring (bicyclic) bond motifs is 1. The third-order valence-electron chi connectivity index (χ3n) is 5.28. The van der Waals surface area contributed by atoms with Crippen molar-refractivity contribution in [3.05, 3.63) is 57.3 Å². The van der Waals surface area contributed by atoms with Crippen LogP contribution >= 0.6 is 0 Å². The van der Waals surface area contributed by atoms with Gasteiger partial charge in [-0.05, 0) is 36.5 Å². The van der Waals surface area contributed by atoms with Gasteiger partial charge in [0.15, 0.2) is 5.82 Å². The minimum Gasteiger partial charge on any atom is -0.312 e. The lowest BCUT2D eigenvalue weighted by Gasteiger charge is -2.16. The summed E-state index contributed by atoms with van der Waals surface area (Å²) in [6, 6.07) is 3.43. The molecule has 0 saturated heterocycles. The maximum Gasteiger partial charge on any atom is 0.417 e. The van der Waals surface area contributed by atoms with E-state index >= 15 is 0 Å². The minimum atomic E-state index is -4.75. The number of hydrogen-bond donors (Lipinski definition) is 1. The van der Waals surface area contributed by atoms with Gasteiger partial charge in [-0.2, -0.15) is 22.7 Å². The minimum absolute atomic E-state index is 0.0125. The van der Waals surface area contributed by atoms with Gasteiger partial charge in [0.05, 0.1) is 26.7 Å². The van der Waals surface area contributed by atoms with Crippen molar-refractivity contribution >= 4 is 15.5 Å². The number of alkyl halides is 3. The van der Waals surface area contributed by atoms with Crippen molar-refractivity contribution < 1.29 is 17.4 Å². The van der Waals surface area contributed by atoms with Crippen LogP contribution in [0.1, 0.15) is 61.0 Å². The molecule has 3 aromatic rings. The van der Waals surface area contributed by atoms with E-state index < -0.39 is 26.4 Å². The van der Waals surface area contributed by atoms with Crippen LogP contribution < -0.4 is 5.56 Å². The second-order valence-electron chi connectivity index (χ2n) is 8.30. The quantitative estimate of drug-likeness (QED) is 0.632. The highest BCUT2D eigenvalue weighted by molar-refractivity contribution is 7.91. The van der Waals surface area contributed by atoms with E-state index in [0.717, 1.165) is 31.2 Å². The third-order valence-corrected chi connectivity index (χ3v) is 6.48. The molecule has 11 heteroatoms. The summed E-state index contributed by atoms with van der Waals surface area (Å²) in [5.74, 6) is 0.936. The van der Waals surface area contributed by atoms with Gasteiger partial charge in [-0.1, -0.05) is 19.9 Å². The topological polar surface area (TPSA) is 93.1 Å². The van der Waals surface area contributed by atoms with Gasteiger partial charge < -0.3 is 4.57 Å². The molecule has 1 saturated carbocycles. The predicted octanol–water partition coefficient (Wildman–Crippen LogP) is 3.99. The Morgan fingerprint density at radius 3 is 2.52 bits per heavy atom. The lowest BCUT2D eigenvalue weighted by atomic mass is 10.1. The highest BCUT2D eigenvalue weighted by Gasteiger charge is 2.35. The molecule has 1 aliphatic carbocycles. The van der Waals surface area contributed by atoms with Gasteiger partial charge in [0.25, 0.3) is 5.56 Å². The standard InChI is InChI=1S/C20H22F3N5O2S/c1-11(2)14-10-27(19-25-17(13-5-6-13)26-28(19)18(14)29)9-12-4-7-16(31(3,24)30)15(8-12)20(21,22)23/h4,7-8,10-11,13,24H,5-6,9H2,1-3H3. The van der Waals surface area contributed by atoms with Crippen molar-refractivity contribution in [3.63, 3.8) is 0 Å². The average molecular weight is 453 g/mol. The Hall–Kier alpha value is -2.69. The van der Waals surface area contributed by atoms with Crippen LogP contribution in [0.3, 0.4) is 0 Å². The highest BCUT2D eigenvalue weighted by atomic mass is 32.2. The van der Waals surface area contributed by atoms with E-state index in [0.29, 0.717) is 11.4 Å². The van der Waals surface area contributed by atoms with Gasteiger partial charge >= 0.3 is 6.18 Å². The summed E-state index contributed by atoms with van der Waals surface area (Å²) >= 11 is 0. The SMILES string of the molecule is CC(C)c1cn(Cc2ccc(S(C)(=N)=O)c(C(F)(F)F)c2)c2nc(C3CC3)nn2c1=O. The van der Waals surface area contributed by atoms with Crippen LogP contribution in [-0.4, -0.2) is 29.6 Å². The first-order valence-electron chi connectivity index (χ1n) is 9.80. The van der Waals surface area contributed by atoms with Crippen molar-refractivity contribution in [2.75, 3.05) is 6.26 Å². The van der Waals surface area contributed by atoms with Crippen LogP contribution in [0, 0.1) is 4.78 Å². The molecule has 1 N–H and O–H groups in total. The van der Waals surface area contributed by atoms with E-state index in [1.807, 2.05) is 13.8 Å². The van der Waals surface area contributed by atoms with Gasteiger partial charge in [0, 0.05) is 23.9 Å². The molecule has 2 aromatic heterocycles. The van der Waals surface area contributed by atoms with Crippen LogP contribution in [0.4, 0.5) is 13.2 Å². The number of rotatable bonds is 5. The van der Waals surface area contributed by atoms with Crippen molar-refractivity contribution in [3.8, 4) is 0 Å². The van der Waals surface area contributed by atoms with E-state index in [4.69, 9.17) is 4.78 Å². The summed E-state index contributed by atoms with van der Waals surface area (Å²) in [5, 5.41) is 4.35. The maximum absolute atomic E-state index is 13.6. The lowest BCUT2D eigenvalue weighted by Crippen LogP contribution is -2.24. The largest absolute Gasteiger partial charge is 0.417 e. The van der Waals surface area contributed by atoms with E-state index in [9.17, 15) is 22.2 Å². The smallest absolute Gasteiger partial charge is 0.312 e. The summed E-state index contributed by atoms with van der Waals surface area (Å²) in [7, 11) is -3.56. The molecule has 1 aromatic carbocycles. The maximum atomic E-state index is 13.6. The Labute approximate surface area is 176 Å². The molecule has 0 aliphatic heterocycles. The predicted molar refractivity (Wildman–Crippen MR) is 109 cm³/mol. The van der Waals surface area contributed by atoms with E-state index in [1.165, 1.54) is 10.6 Å². The molecule has 4 rings (SSSR count). The second-order valence-corrected chi connectivity index (χ2v) is 10.4. The molecule has 1 fully saturated rings. The Morgan fingerprint density at radius 1 is 1.29 bits per heavy atom. The van der Waals surface area contributed by atoms with Crippen LogP contribution in [0.2, 0.25) is 0 Å². The zero-order chi connectivity index (χ0) is 22.7. The van der Waals surface area contributed by atoms with Gasteiger partial charge in [0.1, 0.15) is 0 Å². The molecule has 0 spiro atoms. The summed E-state index contributed by atoms with van der Waals surface area (Å²) < 4.78 is 63.3. The molecule has 31 heavy (non-hydrogen) atoms. The number of nitrogens with one attached hydrogen (secondary N) is 1. The number of aromatic nitrogens is 4. The van der Waals surface area contributed by atoms with E-state index in [1.54, 1.807) is 10.8 Å². The van der Waals surface area contributed by atoms with Crippen molar-refractivity contribution in [2.45, 2.75) is 56.1 Å². The summed E-state index contributed by atoms with van der Waals surface area (Å²) in [6.45, 7) is 3.72. The summed E-state index contributed by atoms with van der Waals surface area (Å²) in [5.41, 5.74) is -0.605. The first kappa shape index (κ1) is 21.5. The molecule has 1 unspecified atom stereocenters. The van der Waals surface area contributed by atoms with Crippen LogP contribution in [0.5, 0.6) is 0 Å². The molecule has 0 radical (unpaired) electrons. The zero-order valence-corrected chi connectivity index (χ0v) is 18.0. The van der Waals surface area contributed by atoms with Crippen molar-refractivity contribution in [1.82, 2.24) is 19.2 Å². The Morgan fingerprint density at radius 2 is 1.97 bits per heavy atom. The molecule has 166 valence electrons. The molecular formula is C20H22F3N5O2S. The van der Waals surface area contributed by atoms with Crippen LogP contribution in [0.25, 0.3) is 5.78 Å². The van der Waals surface area contributed by atoms with Crippen LogP contribution in [-0.2, 0) is 22.5 Å². The Balaban J connectivity index is 1.86. The van der Waals surface area contributed by atoms with Crippen molar-refractivity contribution in [1.29, 1.82) is 4.78 Å². The number of benzene rings is 1. The normalized spacial score (nSPS) is 16.7. The molecule has 2 heterocycles. The average Bonchev–Trinajstić information content (AvgIpc) is 3.40. The Bertz CT molecular complexity index is 1340. The molecule has 0 bridgehead atoms. The summed E-state index contributed by atoms with van der Waals surface area (Å²) in [6.07, 6.45) is -0.278. The third kappa shape index (κ3) is 4.10. The number of hydrogen-bond acceptors (Lipinski definition) is 5. The summed E-state index contributed by atoms with van der Waals surface area (Å²) in [4.78, 5) is 16.7. The first-order valence-corrected chi connectivity index (χ1v) is 11.8. The molecular weight excluding hydrogens is 431 g/mol. The fraction of sp³-hybridized carbons (Fsp3) is 0.450. The fourth-order valence-corrected chi connectivity index (χ4v) is 4.43. The zero-order valence-electron chi connectivity index (χ0n) is 17.2. The second kappa shape index (κ2) is 7.18. The van der Waals surface area contributed by atoms with E-state index in [2.05, 4.69) is 10.1 Å². The lowest BCUT2D eigenvalue weighted by molar-refractivity contribution is -0.139. The molecule has 1 aliphatic rings. The number of nitrogens with zero attached hydrogens (tertiary/aromatic N) is 4. The Kier molecular flexibility index (Phi) is 4.99. The van der Waals surface area contributed by atoms with Crippen LogP contribution in [0.15, 0.2) is 34.1 Å². The molecule has 7 nitrogen and oxygen atoms in total. The first-order chi connectivity index (χ1) is 14.4. The van der Waals surface area contributed by atoms with E-state index in [-0.39, 0.29) is 35.3 Å². The number of halogens is 3. The van der Waals surface area contributed by atoms with Gasteiger partial charge in [-0.25, -0.2) is 8.99 Å². The monoisotopic (exact) mass is 453 g/mol. The molecule has 0 amide bonds. The highest BCUT2D eigenvalue weighted by Crippen LogP contribution is 2.38.